The third-order valence-corrected chi connectivity index (χ3v) is 3.54. The first-order valence-corrected chi connectivity index (χ1v) is 7.31. The Hall–Kier alpha value is -1.43. The minimum absolute atomic E-state index is 0.00544. The average Bonchev–Trinajstić information content (AvgIpc) is 2.95. The SMILES string of the molecule is CC(C)CN(CC(=O)O)Cc1noc(C2CCCC2)n1. The standard InChI is InChI=1S/C14H23N3O3/c1-10(2)7-17(9-13(18)19)8-12-15-14(20-16-12)11-5-3-4-6-11/h10-11H,3-9H2,1-2H3,(H,18,19). The summed E-state index contributed by atoms with van der Waals surface area (Å²) in [6, 6.07) is 0. The number of carboxylic acid groups (broad SMARTS) is 1. The summed E-state index contributed by atoms with van der Waals surface area (Å²) < 4.78 is 5.32. The van der Waals surface area contributed by atoms with Crippen LogP contribution in [0.15, 0.2) is 4.52 Å². The molecule has 6 nitrogen and oxygen atoms in total. The molecule has 1 N–H and O–H groups in total. The highest BCUT2D eigenvalue weighted by atomic mass is 16.5. The molecule has 0 spiro atoms. The molecule has 0 amide bonds. The van der Waals surface area contributed by atoms with Crippen LogP contribution in [-0.2, 0) is 11.3 Å². The molecule has 0 bridgehead atoms. The summed E-state index contributed by atoms with van der Waals surface area (Å²) in [6.07, 6.45) is 4.68. The van der Waals surface area contributed by atoms with E-state index >= 15 is 0 Å². The molecule has 0 saturated heterocycles. The number of aromatic nitrogens is 2. The minimum Gasteiger partial charge on any atom is -0.480 e. The summed E-state index contributed by atoms with van der Waals surface area (Å²) in [7, 11) is 0. The normalized spacial score (nSPS) is 16.4. The lowest BCUT2D eigenvalue weighted by Crippen LogP contribution is -2.32. The van der Waals surface area contributed by atoms with Crippen molar-refractivity contribution in [1.82, 2.24) is 15.0 Å². The van der Waals surface area contributed by atoms with Gasteiger partial charge in [0.05, 0.1) is 13.1 Å². The lowest BCUT2D eigenvalue weighted by molar-refractivity contribution is -0.138. The fraction of sp³-hybridized carbons (Fsp3) is 0.786. The van der Waals surface area contributed by atoms with E-state index in [9.17, 15) is 4.79 Å². The molecule has 2 rings (SSSR count). The van der Waals surface area contributed by atoms with Crippen molar-refractivity contribution in [3.8, 4) is 0 Å². The van der Waals surface area contributed by atoms with Gasteiger partial charge in [-0.25, -0.2) is 0 Å². The van der Waals surface area contributed by atoms with Gasteiger partial charge in [-0.1, -0.05) is 31.8 Å². The van der Waals surface area contributed by atoms with Crippen molar-refractivity contribution in [2.24, 2.45) is 5.92 Å². The van der Waals surface area contributed by atoms with Crippen LogP contribution in [0.3, 0.4) is 0 Å². The van der Waals surface area contributed by atoms with Gasteiger partial charge in [0, 0.05) is 12.5 Å². The Bertz CT molecular complexity index is 439. The van der Waals surface area contributed by atoms with E-state index in [-0.39, 0.29) is 6.54 Å². The van der Waals surface area contributed by atoms with E-state index in [0.29, 0.717) is 30.7 Å². The molecule has 1 aromatic heterocycles. The second-order valence-corrected chi connectivity index (χ2v) is 5.99. The minimum atomic E-state index is -0.829. The van der Waals surface area contributed by atoms with Crippen LogP contribution in [0.25, 0.3) is 0 Å². The highest BCUT2D eigenvalue weighted by Crippen LogP contribution is 2.32. The van der Waals surface area contributed by atoms with E-state index in [4.69, 9.17) is 9.63 Å². The van der Waals surface area contributed by atoms with Gasteiger partial charge in [0.15, 0.2) is 5.82 Å². The van der Waals surface area contributed by atoms with E-state index in [0.717, 1.165) is 18.7 Å². The number of carbonyl (C=O) groups is 1. The topological polar surface area (TPSA) is 79.5 Å². The first kappa shape index (κ1) is 15.0. The maximum Gasteiger partial charge on any atom is 0.317 e. The van der Waals surface area contributed by atoms with E-state index in [1.807, 2.05) is 4.90 Å². The van der Waals surface area contributed by atoms with Gasteiger partial charge in [0.25, 0.3) is 0 Å². The number of rotatable bonds is 7. The Morgan fingerprint density at radius 1 is 1.45 bits per heavy atom. The molecule has 6 heteroatoms. The zero-order valence-corrected chi connectivity index (χ0v) is 12.2. The van der Waals surface area contributed by atoms with Crippen LogP contribution in [-0.4, -0.2) is 39.2 Å². The second-order valence-electron chi connectivity index (χ2n) is 5.99. The highest BCUT2D eigenvalue weighted by molar-refractivity contribution is 5.69. The van der Waals surface area contributed by atoms with Crippen molar-refractivity contribution < 1.29 is 14.4 Å². The predicted octanol–water partition coefficient (Wildman–Crippen LogP) is 2.27. The molecule has 0 radical (unpaired) electrons. The number of nitrogens with zero attached hydrogens (tertiary/aromatic N) is 3. The smallest absolute Gasteiger partial charge is 0.317 e. The second kappa shape index (κ2) is 6.83. The molecule has 0 unspecified atom stereocenters. The van der Waals surface area contributed by atoms with Gasteiger partial charge in [-0.2, -0.15) is 4.98 Å². The fourth-order valence-corrected chi connectivity index (χ4v) is 2.76. The summed E-state index contributed by atoms with van der Waals surface area (Å²) in [4.78, 5) is 17.2. The molecule has 1 saturated carbocycles. The molecule has 1 heterocycles. The third kappa shape index (κ3) is 4.30. The van der Waals surface area contributed by atoms with Gasteiger partial charge in [0.2, 0.25) is 5.89 Å². The van der Waals surface area contributed by atoms with Crippen molar-refractivity contribution in [2.45, 2.75) is 52.0 Å². The molecule has 112 valence electrons. The first-order valence-electron chi connectivity index (χ1n) is 7.31. The zero-order chi connectivity index (χ0) is 14.5. The molecule has 1 aliphatic rings. The van der Waals surface area contributed by atoms with Crippen molar-refractivity contribution in [3.63, 3.8) is 0 Å². The molecular weight excluding hydrogens is 258 g/mol. The van der Waals surface area contributed by atoms with Gasteiger partial charge in [-0.15, -0.1) is 0 Å². The summed E-state index contributed by atoms with van der Waals surface area (Å²) in [6.45, 7) is 5.27. The molecular formula is C14H23N3O3. The van der Waals surface area contributed by atoms with Crippen LogP contribution in [0.5, 0.6) is 0 Å². The summed E-state index contributed by atoms with van der Waals surface area (Å²) in [5, 5.41) is 12.9. The highest BCUT2D eigenvalue weighted by Gasteiger charge is 2.23. The van der Waals surface area contributed by atoms with Crippen molar-refractivity contribution >= 4 is 5.97 Å². The van der Waals surface area contributed by atoms with Crippen LogP contribution in [0.4, 0.5) is 0 Å². The Morgan fingerprint density at radius 3 is 2.75 bits per heavy atom. The Morgan fingerprint density at radius 2 is 2.15 bits per heavy atom. The Kier molecular flexibility index (Phi) is 5.11. The Labute approximate surface area is 119 Å². The third-order valence-electron chi connectivity index (χ3n) is 3.54. The lowest BCUT2D eigenvalue weighted by Gasteiger charge is -2.20. The van der Waals surface area contributed by atoms with Crippen LogP contribution < -0.4 is 0 Å². The van der Waals surface area contributed by atoms with E-state index in [2.05, 4.69) is 24.0 Å². The van der Waals surface area contributed by atoms with Gasteiger partial charge in [0.1, 0.15) is 0 Å². The molecule has 1 aromatic rings. The van der Waals surface area contributed by atoms with E-state index in [1.54, 1.807) is 0 Å². The lowest BCUT2D eigenvalue weighted by atomic mass is 10.1. The molecule has 0 aliphatic heterocycles. The van der Waals surface area contributed by atoms with E-state index in [1.165, 1.54) is 12.8 Å². The maximum atomic E-state index is 10.9. The zero-order valence-electron chi connectivity index (χ0n) is 12.2. The quantitative estimate of drug-likeness (QED) is 0.826. The van der Waals surface area contributed by atoms with Gasteiger partial charge in [-0.3, -0.25) is 9.69 Å². The van der Waals surface area contributed by atoms with Crippen LogP contribution >= 0.6 is 0 Å². The number of hydrogen-bond acceptors (Lipinski definition) is 5. The average molecular weight is 281 g/mol. The van der Waals surface area contributed by atoms with Gasteiger partial charge < -0.3 is 9.63 Å². The van der Waals surface area contributed by atoms with Crippen molar-refractivity contribution in [1.29, 1.82) is 0 Å². The largest absolute Gasteiger partial charge is 0.480 e. The summed E-state index contributed by atoms with van der Waals surface area (Å²) in [5.41, 5.74) is 0. The Balaban J connectivity index is 1.96. The summed E-state index contributed by atoms with van der Waals surface area (Å²) >= 11 is 0. The van der Waals surface area contributed by atoms with Crippen LogP contribution in [0, 0.1) is 5.92 Å². The van der Waals surface area contributed by atoms with Crippen molar-refractivity contribution in [2.75, 3.05) is 13.1 Å². The monoisotopic (exact) mass is 281 g/mol. The van der Waals surface area contributed by atoms with E-state index < -0.39 is 5.97 Å². The molecule has 20 heavy (non-hydrogen) atoms. The summed E-state index contributed by atoms with van der Waals surface area (Å²) in [5.74, 6) is 1.28. The number of aliphatic carboxylic acids is 1. The van der Waals surface area contributed by atoms with Gasteiger partial charge in [-0.05, 0) is 18.8 Å². The maximum absolute atomic E-state index is 10.9. The molecule has 1 fully saturated rings. The van der Waals surface area contributed by atoms with Crippen molar-refractivity contribution in [3.05, 3.63) is 11.7 Å². The predicted molar refractivity (Wildman–Crippen MR) is 73.3 cm³/mol. The molecule has 0 atom stereocenters. The number of hydrogen-bond donors (Lipinski definition) is 1. The van der Waals surface area contributed by atoms with Crippen LogP contribution in [0.2, 0.25) is 0 Å². The van der Waals surface area contributed by atoms with Gasteiger partial charge >= 0.3 is 5.97 Å². The first-order chi connectivity index (χ1) is 9.54. The van der Waals surface area contributed by atoms with Crippen LogP contribution in [0.1, 0.15) is 57.2 Å². The molecule has 0 aromatic carbocycles. The number of carboxylic acids is 1. The molecule has 1 aliphatic carbocycles. The fourth-order valence-electron chi connectivity index (χ4n) is 2.76.